The van der Waals surface area contributed by atoms with Crippen LogP contribution in [0, 0.1) is 0 Å². The predicted octanol–water partition coefficient (Wildman–Crippen LogP) is 5.38. The Hall–Kier alpha value is -0.710. The van der Waals surface area contributed by atoms with Crippen LogP contribution in [-0.4, -0.2) is 13.1 Å². The lowest BCUT2D eigenvalue weighted by Crippen LogP contribution is -2.17. The zero-order valence-electron chi connectivity index (χ0n) is 11.0. The molecule has 0 atom stereocenters. The second-order valence-electron chi connectivity index (χ2n) is 4.93. The highest BCUT2D eigenvalue weighted by atomic mass is 79.9. The summed E-state index contributed by atoms with van der Waals surface area (Å²) in [7, 11) is 0. The average molecular weight is 372 g/mol. The Bertz CT molecular complexity index is 574. The van der Waals surface area contributed by atoms with Crippen molar-refractivity contribution in [2.24, 2.45) is 0 Å². The van der Waals surface area contributed by atoms with Gasteiger partial charge in [-0.05, 0) is 53.0 Å². The van der Waals surface area contributed by atoms with Crippen molar-refractivity contribution in [1.82, 2.24) is 0 Å². The van der Waals surface area contributed by atoms with E-state index >= 15 is 0 Å². The van der Waals surface area contributed by atoms with E-state index in [0.29, 0.717) is 0 Å². The molecule has 1 aromatic carbocycles. The first-order valence-corrected chi connectivity index (χ1v) is 8.74. The molecular weight excluding hydrogens is 356 g/mol. The van der Waals surface area contributed by atoms with Crippen LogP contribution in [0.5, 0.6) is 0 Å². The largest absolute Gasteiger partial charge is 0.380 e. The molecule has 0 bridgehead atoms. The van der Waals surface area contributed by atoms with Gasteiger partial charge in [-0.3, -0.25) is 0 Å². The van der Waals surface area contributed by atoms with Gasteiger partial charge < -0.3 is 10.2 Å². The van der Waals surface area contributed by atoms with Crippen LogP contribution in [0.25, 0.3) is 0 Å². The van der Waals surface area contributed by atoms with Crippen LogP contribution >= 0.6 is 38.9 Å². The smallest absolute Gasteiger partial charge is 0.107 e. The van der Waals surface area contributed by atoms with Gasteiger partial charge in [0.1, 0.15) is 4.34 Å². The van der Waals surface area contributed by atoms with Crippen molar-refractivity contribution in [3.63, 3.8) is 0 Å². The second-order valence-corrected chi connectivity index (χ2v) is 7.53. The average Bonchev–Trinajstić information content (AvgIpc) is 3.08. The Morgan fingerprint density at radius 2 is 2.05 bits per heavy atom. The number of benzene rings is 1. The van der Waals surface area contributed by atoms with Gasteiger partial charge in [0.15, 0.2) is 0 Å². The molecule has 20 heavy (non-hydrogen) atoms. The van der Waals surface area contributed by atoms with E-state index < -0.39 is 0 Å². The zero-order valence-corrected chi connectivity index (χ0v) is 14.2. The number of nitrogens with one attached hydrogen (secondary N) is 1. The molecule has 1 aromatic heterocycles. The molecule has 0 saturated carbocycles. The summed E-state index contributed by atoms with van der Waals surface area (Å²) in [4.78, 5) is 3.68. The standard InChI is InChI=1S/C15H16BrClN2S/c16-14-9-13(20-15(14)17)10-18-11-4-3-5-12(8-11)19-6-1-2-7-19/h3-5,8-9,18H,1-2,6-7,10H2. The third-order valence-corrected chi connectivity index (χ3v) is 5.95. The zero-order chi connectivity index (χ0) is 13.9. The minimum absolute atomic E-state index is 0.805. The fourth-order valence-electron chi connectivity index (χ4n) is 2.46. The number of hydrogen-bond acceptors (Lipinski definition) is 3. The topological polar surface area (TPSA) is 15.3 Å². The van der Waals surface area contributed by atoms with E-state index in [1.807, 2.05) is 0 Å². The molecule has 1 N–H and O–H groups in total. The lowest BCUT2D eigenvalue weighted by molar-refractivity contribution is 0.949. The third-order valence-electron chi connectivity index (χ3n) is 3.48. The van der Waals surface area contributed by atoms with Crippen LogP contribution in [0.3, 0.4) is 0 Å². The van der Waals surface area contributed by atoms with Crippen molar-refractivity contribution in [3.05, 3.63) is 44.0 Å². The van der Waals surface area contributed by atoms with E-state index in [9.17, 15) is 0 Å². The Balaban J connectivity index is 1.66. The fourth-order valence-corrected chi connectivity index (χ4v) is 4.19. The van der Waals surface area contributed by atoms with E-state index in [-0.39, 0.29) is 0 Å². The SMILES string of the molecule is Clc1sc(CNc2cccc(N3CCCC3)c2)cc1Br. The maximum absolute atomic E-state index is 6.06. The van der Waals surface area contributed by atoms with E-state index in [0.717, 1.165) is 21.0 Å². The molecule has 1 saturated heterocycles. The van der Waals surface area contributed by atoms with Crippen molar-refractivity contribution in [2.45, 2.75) is 19.4 Å². The molecule has 106 valence electrons. The van der Waals surface area contributed by atoms with E-state index in [4.69, 9.17) is 11.6 Å². The van der Waals surface area contributed by atoms with E-state index in [2.05, 4.69) is 56.5 Å². The molecule has 2 heterocycles. The van der Waals surface area contributed by atoms with Crippen molar-refractivity contribution in [1.29, 1.82) is 0 Å². The molecular formula is C15H16BrClN2S. The molecule has 1 aliphatic heterocycles. The van der Waals surface area contributed by atoms with Gasteiger partial charge in [0.2, 0.25) is 0 Å². The predicted molar refractivity (Wildman–Crippen MR) is 92.2 cm³/mol. The Labute approximate surface area is 136 Å². The Morgan fingerprint density at radius 3 is 2.75 bits per heavy atom. The number of hydrogen-bond donors (Lipinski definition) is 1. The second kappa shape index (κ2) is 6.37. The summed E-state index contributed by atoms with van der Waals surface area (Å²) in [6, 6.07) is 10.7. The molecule has 0 radical (unpaired) electrons. The van der Waals surface area contributed by atoms with Crippen molar-refractivity contribution >= 4 is 50.2 Å². The quantitative estimate of drug-likeness (QED) is 0.776. The fraction of sp³-hybridized carbons (Fsp3) is 0.333. The van der Waals surface area contributed by atoms with Gasteiger partial charge in [-0.15, -0.1) is 11.3 Å². The first-order chi connectivity index (χ1) is 9.72. The Morgan fingerprint density at radius 1 is 1.25 bits per heavy atom. The maximum Gasteiger partial charge on any atom is 0.107 e. The number of halogens is 2. The molecule has 0 aliphatic carbocycles. The van der Waals surface area contributed by atoms with Crippen LogP contribution in [0.15, 0.2) is 34.8 Å². The summed E-state index contributed by atoms with van der Waals surface area (Å²) in [6.07, 6.45) is 2.61. The first kappa shape index (κ1) is 14.2. The van der Waals surface area contributed by atoms with Gasteiger partial charge in [0.05, 0.1) is 0 Å². The summed E-state index contributed by atoms with van der Waals surface area (Å²) < 4.78 is 1.79. The van der Waals surface area contributed by atoms with Crippen molar-refractivity contribution < 1.29 is 0 Å². The first-order valence-electron chi connectivity index (χ1n) is 6.75. The maximum atomic E-state index is 6.06. The highest BCUT2D eigenvalue weighted by Crippen LogP contribution is 2.32. The van der Waals surface area contributed by atoms with Gasteiger partial charge >= 0.3 is 0 Å². The van der Waals surface area contributed by atoms with Crippen molar-refractivity contribution in [3.8, 4) is 0 Å². The molecule has 0 amide bonds. The van der Waals surface area contributed by atoms with Gasteiger partial charge in [-0.1, -0.05) is 17.7 Å². The normalized spacial score (nSPS) is 14.8. The lowest BCUT2D eigenvalue weighted by Gasteiger charge is -2.18. The van der Waals surface area contributed by atoms with Gasteiger partial charge in [-0.2, -0.15) is 0 Å². The van der Waals surface area contributed by atoms with Crippen LogP contribution in [-0.2, 0) is 6.54 Å². The monoisotopic (exact) mass is 370 g/mol. The molecule has 5 heteroatoms. The van der Waals surface area contributed by atoms with Gasteiger partial charge in [0, 0.05) is 40.4 Å². The molecule has 0 spiro atoms. The number of thiophene rings is 1. The van der Waals surface area contributed by atoms with Crippen LogP contribution < -0.4 is 10.2 Å². The summed E-state index contributed by atoms with van der Waals surface area (Å²) in [5.41, 5.74) is 2.48. The highest BCUT2D eigenvalue weighted by Gasteiger charge is 2.12. The minimum Gasteiger partial charge on any atom is -0.380 e. The molecule has 3 rings (SSSR count). The van der Waals surface area contributed by atoms with Crippen LogP contribution in [0.2, 0.25) is 4.34 Å². The summed E-state index contributed by atoms with van der Waals surface area (Å²) in [5.74, 6) is 0. The van der Waals surface area contributed by atoms with Crippen molar-refractivity contribution in [2.75, 3.05) is 23.3 Å². The molecule has 0 unspecified atom stereocenters. The van der Waals surface area contributed by atoms with E-state index in [1.165, 1.54) is 36.5 Å². The highest BCUT2D eigenvalue weighted by molar-refractivity contribution is 9.10. The summed E-state index contributed by atoms with van der Waals surface area (Å²) in [5, 5.41) is 3.47. The van der Waals surface area contributed by atoms with Gasteiger partial charge in [-0.25, -0.2) is 0 Å². The third kappa shape index (κ3) is 3.30. The summed E-state index contributed by atoms with van der Waals surface area (Å²) in [6.45, 7) is 3.16. The number of nitrogens with zero attached hydrogens (tertiary/aromatic N) is 1. The van der Waals surface area contributed by atoms with Gasteiger partial charge in [0.25, 0.3) is 0 Å². The molecule has 1 fully saturated rings. The number of anilines is 2. The molecule has 2 nitrogen and oxygen atoms in total. The van der Waals surface area contributed by atoms with Crippen LogP contribution in [0.4, 0.5) is 11.4 Å². The number of rotatable bonds is 4. The van der Waals surface area contributed by atoms with E-state index in [1.54, 1.807) is 11.3 Å². The van der Waals surface area contributed by atoms with Crippen LogP contribution in [0.1, 0.15) is 17.7 Å². The molecule has 2 aromatic rings. The minimum atomic E-state index is 0.805. The summed E-state index contributed by atoms with van der Waals surface area (Å²) >= 11 is 11.1. The Kier molecular flexibility index (Phi) is 4.54. The lowest BCUT2D eigenvalue weighted by atomic mass is 10.2. The molecule has 1 aliphatic rings.